The fourth-order valence-electron chi connectivity index (χ4n) is 2.37. The number of halogens is 1. The maximum atomic E-state index is 12.7. The molecule has 0 spiro atoms. The highest BCUT2D eigenvalue weighted by Gasteiger charge is 2.13. The van der Waals surface area contributed by atoms with Crippen molar-refractivity contribution < 1.29 is 4.74 Å². The number of hydrogen-bond acceptors (Lipinski definition) is 3. The van der Waals surface area contributed by atoms with E-state index < -0.39 is 0 Å². The molecule has 0 atom stereocenters. The fraction of sp³-hybridized carbons (Fsp3) is 0.0625. The van der Waals surface area contributed by atoms with Crippen LogP contribution in [0.1, 0.15) is 0 Å². The van der Waals surface area contributed by atoms with Crippen molar-refractivity contribution >= 4 is 32.5 Å². The third-order valence-electron chi connectivity index (χ3n) is 3.34. The Kier molecular flexibility index (Phi) is 3.43. The summed E-state index contributed by atoms with van der Waals surface area (Å²) in [6.45, 7) is 0. The largest absolute Gasteiger partial charge is 0.495 e. The molecular weight excluding hydrogens is 332 g/mol. The monoisotopic (exact) mass is 344 g/mol. The first-order chi connectivity index (χ1) is 10.1. The molecule has 0 amide bonds. The van der Waals surface area contributed by atoms with Gasteiger partial charge < -0.3 is 10.5 Å². The second kappa shape index (κ2) is 5.26. The summed E-state index contributed by atoms with van der Waals surface area (Å²) in [5.74, 6) is 0.956. The molecular formula is C16H13BrN2O2. The average Bonchev–Trinajstić information content (AvgIpc) is 2.47. The molecule has 0 aliphatic rings. The van der Waals surface area contributed by atoms with Gasteiger partial charge in [-0.05, 0) is 35.7 Å². The van der Waals surface area contributed by atoms with Gasteiger partial charge in [0, 0.05) is 9.86 Å². The second-order valence-electron chi connectivity index (χ2n) is 4.61. The summed E-state index contributed by atoms with van der Waals surface area (Å²) in [5, 5.41) is 1.44. The van der Waals surface area contributed by atoms with Crippen LogP contribution in [-0.2, 0) is 0 Å². The lowest BCUT2D eigenvalue weighted by Crippen LogP contribution is -2.21. The number of nitrogens with zero attached hydrogens (tertiary/aromatic N) is 1. The van der Waals surface area contributed by atoms with Crippen LogP contribution < -0.4 is 16.0 Å². The Balaban J connectivity index is 2.41. The van der Waals surface area contributed by atoms with Gasteiger partial charge in [0.2, 0.25) is 0 Å². The molecule has 1 heterocycles. The third kappa shape index (κ3) is 2.29. The van der Waals surface area contributed by atoms with Crippen LogP contribution in [-0.4, -0.2) is 11.7 Å². The predicted molar refractivity (Wildman–Crippen MR) is 88.2 cm³/mol. The van der Waals surface area contributed by atoms with Gasteiger partial charge in [0.15, 0.2) is 0 Å². The zero-order chi connectivity index (χ0) is 15.0. The van der Waals surface area contributed by atoms with E-state index in [0.29, 0.717) is 22.6 Å². The summed E-state index contributed by atoms with van der Waals surface area (Å²) in [5.41, 5.74) is 6.53. The van der Waals surface area contributed by atoms with Crippen molar-refractivity contribution in [2.24, 2.45) is 0 Å². The minimum absolute atomic E-state index is 0.165. The molecule has 0 saturated heterocycles. The number of aromatic nitrogens is 1. The Hall–Kier alpha value is -2.27. The summed E-state index contributed by atoms with van der Waals surface area (Å²) in [6.07, 6.45) is 0. The second-order valence-corrected chi connectivity index (χ2v) is 5.53. The summed E-state index contributed by atoms with van der Waals surface area (Å²) in [7, 11) is 1.56. The fourth-order valence-corrected chi connectivity index (χ4v) is 2.71. The average molecular weight is 345 g/mol. The highest BCUT2D eigenvalue weighted by atomic mass is 79.9. The number of hydrogen-bond donors (Lipinski definition) is 1. The van der Waals surface area contributed by atoms with Gasteiger partial charge in [0.25, 0.3) is 5.56 Å². The number of anilines is 1. The number of rotatable bonds is 2. The normalized spacial score (nSPS) is 10.8. The Morgan fingerprint density at radius 1 is 1.14 bits per heavy atom. The lowest BCUT2D eigenvalue weighted by molar-refractivity contribution is 0.412. The van der Waals surface area contributed by atoms with Crippen molar-refractivity contribution in [2.45, 2.75) is 0 Å². The Labute approximate surface area is 129 Å². The van der Waals surface area contributed by atoms with Crippen molar-refractivity contribution in [3.63, 3.8) is 0 Å². The molecule has 5 heteroatoms. The number of pyridine rings is 1. The van der Waals surface area contributed by atoms with Gasteiger partial charge in [0.05, 0.1) is 12.8 Å². The van der Waals surface area contributed by atoms with E-state index in [-0.39, 0.29) is 5.56 Å². The van der Waals surface area contributed by atoms with E-state index in [2.05, 4.69) is 15.9 Å². The number of nitrogens with two attached hydrogens (primary N) is 1. The zero-order valence-corrected chi connectivity index (χ0v) is 12.9. The van der Waals surface area contributed by atoms with Gasteiger partial charge in [-0.1, -0.05) is 34.1 Å². The first-order valence-corrected chi connectivity index (χ1v) is 7.15. The van der Waals surface area contributed by atoms with Crippen molar-refractivity contribution in [3.8, 4) is 11.4 Å². The molecule has 4 nitrogen and oxygen atoms in total. The summed E-state index contributed by atoms with van der Waals surface area (Å²) < 4.78 is 7.65. The van der Waals surface area contributed by atoms with Crippen LogP contribution >= 0.6 is 15.9 Å². The maximum absolute atomic E-state index is 12.7. The molecule has 1 aromatic heterocycles. The van der Waals surface area contributed by atoms with Crippen molar-refractivity contribution in [3.05, 3.63) is 63.4 Å². The Morgan fingerprint density at radius 2 is 1.90 bits per heavy atom. The van der Waals surface area contributed by atoms with Crippen LogP contribution in [0.15, 0.2) is 57.8 Å². The molecule has 0 saturated carbocycles. The molecule has 0 bridgehead atoms. The molecule has 3 rings (SSSR count). The highest BCUT2D eigenvalue weighted by molar-refractivity contribution is 9.10. The van der Waals surface area contributed by atoms with Gasteiger partial charge in [0.1, 0.15) is 11.6 Å². The summed E-state index contributed by atoms with van der Waals surface area (Å²) >= 11 is 3.41. The SMILES string of the molecule is COc1ccc(Br)cc1-n1c(N)cc2ccccc2c1=O. The molecule has 0 radical (unpaired) electrons. The van der Waals surface area contributed by atoms with Gasteiger partial charge in [-0.25, -0.2) is 0 Å². The van der Waals surface area contributed by atoms with Crippen LogP contribution in [0.2, 0.25) is 0 Å². The van der Waals surface area contributed by atoms with E-state index in [0.717, 1.165) is 9.86 Å². The van der Waals surface area contributed by atoms with Crippen molar-refractivity contribution in [1.29, 1.82) is 0 Å². The molecule has 106 valence electrons. The number of ether oxygens (including phenoxy) is 1. The topological polar surface area (TPSA) is 57.2 Å². The third-order valence-corrected chi connectivity index (χ3v) is 3.83. The van der Waals surface area contributed by atoms with Crippen LogP contribution in [0.4, 0.5) is 5.82 Å². The summed E-state index contributed by atoms with van der Waals surface area (Å²) in [6, 6.07) is 14.6. The maximum Gasteiger partial charge on any atom is 0.264 e. The molecule has 3 aromatic rings. The van der Waals surface area contributed by atoms with Gasteiger partial charge >= 0.3 is 0 Å². The van der Waals surface area contributed by atoms with Gasteiger partial charge in [-0.15, -0.1) is 0 Å². The van der Waals surface area contributed by atoms with Crippen molar-refractivity contribution in [2.75, 3.05) is 12.8 Å². The van der Waals surface area contributed by atoms with E-state index in [1.54, 1.807) is 25.3 Å². The van der Waals surface area contributed by atoms with Crippen LogP contribution in [0.3, 0.4) is 0 Å². The molecule has 0 aliphatic carbocycles. The molecule has 21 heavy (non-hydrogen) atoms. The molecule has 0 unspecified atom stereocenters. The number of fused-ring (bicyclic) bond motifs is 1. The van der Waals surface area contributed by atoms with Crippen molar-refractivity contribution in [1.82, 2.24) is 4.57 Å². The molecule has 0 aliphatic heterocycles. The van der Waals surface area contributed by atoms with E-state index in [1.807, 2.05) is 30.3 Å². The lowest BCUT2D eigenvalue weighted by atomic mass is 10.1. The van der Waals surface area contributed by atoms with E-state index >= 15 is 0 Å². The minimum atomic E-state index is -0.165. The Bertz CT molecular complexity index is 887. The standard InChI is InChI=1S/C16H13BrN2O2/c1-21-14-7-6-11(17)9-13(14)19-15(18)8-10-4-2-3-5-12(10)16(19)20/h2-9H,18H2,1H3. The number of nitrogen functional groups attached to an aromatic ring is 1. The quantitative estimate of drug-likeness (QED) is 0.775. The van der Waals surface area contributed by atoms with Gasteiger partial charge in [-0.3, -0.25) is 9.36 Å². The Morgan fingerprint density at radius 3 is 2.67 bits per heavy atom. The molecule has 2 N–H and O–H groups in total. The molecule has 0 fully saturated rings. The lowest BCUT2D eigenvalue weighted by Gasteiger charge is -2.15. The van der Waals surface area contributed by atoms with Gasteiger partial charge in [-0.2, -0.15) is 0 Å². The highest BCUT2D eigenvalue weighted by Crippen LogP contribution is 2.28. The van der Waals surface area contributed by atoms with Crippen LogP contribution in [0, 0.1) is 0 Å². The predicted octanol–water partition coefficient (Wildman–Crippen LogP) is 3.34. The molecule has 2 aromatic carbocycles. The van der Waals surface area contributed by atoms with Crippen LogP contribution in [0.25, 0.3) is 16.5 Å². The van der Waals surface area contributed by atoms with E-state index in [9.17, 15) is 4.79 Å². The minimum Gasteiger partial charge on any atom is -0.495 e. The summed E-state index contributed by atoms with van der Waals surface area (Å²) in [4.78, 5) is 12.7. The number of methoxy groups -OCH3 is 1. The zero-order valence-electron chi connectivity index (χ0n) is 11.3. The van der Waals surface area contributed by atoms with E-state index in [1.165, 1.54) is 4.57 Å². The number of benzene rings is 2. The first kappa shape index (κ1) is 13.7. The van der Waals surface area contributed by atoms with E-state index in [4.69, 9.17) is 10.5 Å². The first-order valence-electron chi connectivity index (χ1n) is 6.36. The van der Waals surface area contributed by atoms with Crippen LogP contribution in [0.5, 0.6) is 5.75 Å². The smallest absolute Gasteiger partial charge is 0.264 e.